The van der Waals surface area contributed by atoms with Crippen LogP contribution in [-0.2, 0) is 22.7 Å². The molecule has 0 saturated carbocycles. The van der Waals surface area contributed by atoms with Crippen LogP contribution in [0.5, 0.6) is 5.75 Å². The Morgan fingerprint density at radius 3 is 2.26 bits per heavy atom. The second-order valence-corrected chi connectivity index (χ2v) is 11.5. The van der Waals surface area contributed by atoms with Gasteiger partial charge < -0.3 is 20.2 Å². The lowest BCUT2D eigenvalue weighted by Crippen LogP contribution is -2.54. The second kappa shape index (κ2) is 16.0. The van der Waals surface area contributed by atoms with Gasteiger partial charge in [-0.2, -0.15) is 0 Å². The van der Waals surface area contributed by atoms with Crippen LogP contribution < -0.4 is 26.4 Å². The number of carbonyl (C=O) groups is 3. The molecule has 0 spiro atoms. The molecule has 3 aromatic carbocycles. The number of hydrogen-bond donors (Lipinski definition) is 4. The lowest BCUT2D eigenvalue weighted by molar-refractivity contribution is -0.155. The third-order valence-corrected chi connectivity index (χ3v) is 6.79. The molecular weight excluding hydrogens is 593 g/mol. The molecule has 10 nitrogen and oxygen atoms in total. The van der Waals surface area contributed by atoms with Crippen molar-refractivity contribution in [2.75, 3.05) is 12.0 Å². The molecule has 0 aliphatic rings. The smallest absolute Gasteiger partial charge is 0.341 e. The molecule has 3 rings (SSSR count). The molecule has 43 heavy (non-hydrogen) atoms. The van der Waals surface area contributed by atoms with Gasteiger partial charge in [0.15, 0.2) is 0 Å². The van der Waals surface area contributed by atoms with E-state index < -0.39 is 23.4 Å². The van der Waals surface area contributed by atoms with Crippen molar-refractivity contribution in [3.63, 3.8) is 0 Å². The molecule has 0 atom stereocenters. The predicted octanol–water partition coefficient (Wildman–Crippen LogP) is 6.69. The maximum absolute atomic E-state index is 13.2. The first-order valence-corrected chi connectivity index (χ1v) is 14.5. The summed E-state index contributed by atoms with van der Waals surface area (Å²) in [5.74, 6) is 0.0829. The van der Waals surface area contributed by atoms with Crippen LogP contribution in [0.1, 0.15) is 45.2 Å². The first kappa shape index (κ1) is 33.5. The number of hydrazine groups is 2. The fourth-order valence-electron chi connectivity index (χ4n) is 3.74. The largest absolute Gasteiger partial charge is 0.489 e. The van der Waals surface area contributed by atoms with Gasteiger partial charge in [-0.1, -0.05) is 65.7 Å². The van der Waals surface area contributed by atoms with Gasteiger partial charge in [-0.25, -0.2) is 14.5 Å². The van der Waals surface area contributed by atoms with Gasteiger partial charge in [0.1, 0.15) is 12.4 Å². The van der Waals surface area contributed by atoms with E-state index in [9.17, 15) is 14.4 Å². The highest BCUT2D eigenvalue weighted by molar-refractivity contribution is 6.32. The molecule has 3 aromatic rings. The number of amides is 4. The van der Waals surface area contributed by atoms with E-state index in [-0.39, 0.29) is 32.2 Å². The molecule has 0 saturated heterocycles. The van der Waals surface area contributed by atoms with E-state index >= 15 is 0 Å². The van der Waals surface area contributed by atoms with Gasteiger partial charge in [-0.15, -0.1) is 5.53 Å². The summed E-state index contributed by atoms with van der Waals surface area (Å²) >= 11 is 12.2. The maximum Gasteiger partial charge on any atom is 0.341 e. The summed E-state index contributed by atoms with van der Waals surface area (Å²) in [5.41, 5.74) is 9.07. The molecule has 0 aromatic heterocycles. The highest BCUT2D eigenvalue weighted by atomic mass is 35.5. The molecule has 12 heteroatoms. The average Bonchev–Trinajstić information content (AvgIpc) is 2.97. The van der Waals surface area contributed by atoms with Gasteiger partial charge >= 0.3 is 18.0 Å². The molecule has 0 bridgehead atoms. The Morgan fingerprint density at radius 2 is 1.60 bits per heavy atom. The monoisotopic (exact) mass is 629 g/mol. The van der Waals surface area contributed by atoms with Crippen LogP contribution in [0.3, 0.4) is 0 Å². The number of nitrogens with zero attached hydrogens (tertiary/aromatic N) is 1. The van der Waals surface area contributed by atoms with Crippen molar-refractivity contribution in [3.05, 3.63) is 94.0 Å². The van der Waals surface area contributed by atoms with E-state index in [2.05, 4.69) is 21.7 Å². The zero-order chi connectivity index (χ0) is 31.4. The molecule has 0 radical (unpaired) electrons. The average molecular weight is 631 g/mol. The number of benzene rings is 3. The Balaban J connectivity index is 1.62. The summed E-state index contributed by atoms with van der Waals surface area (Å²) in [5, 5.41) is 3.69. The number of halogens is 2. The van der Waals surface area contributed by atoms with Crippen LogP contribution in [0.15, 0.2) is 72.8 Å². The van der Waals surface area contributed by atoms with Crippen LogP contribution in [0.4, 0.5) is 15.3 Å². The SMILES string of the molecule is CC(C)Oc1ccc(NNNC(=O)N(CCC(C)(C)C(=O)OCc2ccccc2)C(=O)NCc2ccc(Cl)cc2)cc1Cl. The highest BCUT2D eigenvalue weighted by Crippen LogP contribution is 2.28. The number of ether oxygens (including phenoxy) is 2. The van der Waals surface area contributed by atoms with Gasteiger partial charge in [0, 0.05) is 18.1 Å². The first-order chi connectivity index (χ1) is 20.4. The third kappa shape index (κ3) is 11.0. The van der Waals surface area contributed by atoms with Crippen LogP contribution in [0, 0.1) is 5.41 Å². The van der Waals surface area contributed by atoms with Crippen molar-refractivity contribution in [1.29, 1.82) is 0 Å². The lowest BCUT2D eigenvalue weighted by atomic mass is 9.89. The van der Waals surface area contributed by atoms with Gasteiger partial charge in [-0.05, 0) is 75.6 Å². The second-order valence-electron chi connectivity index (χ2n) is 10.6. The first-order valence-electron chi connectivity index (χ1n) is 13.7. The molecule has 0 fully saturated rings. The summed E-state index contributed by atoms with van der Waals surface area (Å²) in [6.45, 7) is 7.42. The molecular formula is C31H37Cl2N5O5. The Labute approximate surface area is 262 Å². The number of urea groups is 2. The fraction of sp³-hybridized carbons (Fsp3) is 0.323. The summed E-state index contributed by atoms with van der Waals surface area (Å²) in [4.78, 5) is 40.1. The van der Waals surface area contributed by atoms with Crippen molar-refractivity contribution in [1.82, 2.24) is 21.2 Å². The normalized spacial score (nSPS) is 11.0. The number of anilines is 1. The van der Waals surface area contributed by atoms with E-state index in [0.717, 1.165) is 16.0 Å². The van der Waals surface area contributed by atoms with Crippen molar-refractivity contribution in [2.45, 2.75) is 53.4 Å². The zero-order valence-corrected chi connectivity index (χ0v) is 26.1. The van der Waals surface area contributed by atoms with Gasteiger partial charge in [0.05, 0.1) is 22.2 Å². The predicted molar refractivity (Wildman–Crippen MR) is 168 cm³/mol. The minimum absolute atomic E-state index is 0.0405. The Hall–Kier alpha value is -3.99. The molecule has 4 amide bonds. The van der Waals surface area contributed by atoms with E-state index in [4.69, 9.17) is 32.7 Å². The Bertz CT molecular complexity index is 1370. The third-order valence-electron chi connectivity index (χ3n) is 6.24. The van der Waals surface area contributed by atoms with Crippen molar-refractivity contribution in [2.24, 2.45) is 5.41 Å². The Kier molecular flexibility index (Phi) is 12.5. The van der Waals surface area contributed by atoms with E-state index in [1.165, 1.54) is 0 Å². The molecule has 0 heterocycles. The van der Waals surface area contributed by atoms with E-state index in [1.807, 2.05) is 44.2 Å². The summed E-state index contributed by atoms with van der Waals surface area (Å²) in [6, 6.07) is 19.9. The minimum Gasteiger partial charge on any atom is -0.489 e. The molecule has 4 N–H and O–H groups in total. The lowest BCUT2D eigenvalue weighted by Gasteiger charge is -2.27. The highest BCUT2D eigenvalue weighted by Gasteiger charge is 2.32. The molecule has 230 valence electrons. The van der Waals surface area contributed by atoms with Gasteiger partial charge in [-0.3, -0.25) is 10.2 Å². The van der Waals surface area contributed by atoms with Crippen molar-refractivity contribution < 1.29 is 23.9 Å². The summed E-state index contributed by atoms with van der Waals surface area (Å²) in [6.07, 6.45) is 0.115. The van der Waals surface area contributed by atoms with E-state index in [0.29, 0.717) is 21.5 Å². The van der Waals surface area contributed by atoms with Crippen LogP contribution >= 0.6 is 23.2 Å². The number of carbonyl (C=O) groups excluding carboxylic acids is 3. The van der Waals surface area contributed by atoms with Crippen LogP contribution in [0.2, 0.25) is 10.0 Å². The number of imide groups is 1. The number of rotatable bonds is 13. The summed E-state index contributed by atoms with van der Waals surface area (Å²) < 4.78 is 11.1. The quantitative estimate of drug-likeness (QED) is 0.123. The van der Waals surface area contributed by atoms with E-state index in [1.54, 1.807) is 56.3 Å². The maximum atomic E-state index is 13.2. The topological polar surface area (TPSA) is 121 Å². The molecule has 0 unspecified atom stereocenters. The number of hydrogen-bond acceptors (Lipinski definition) is 7. The standard InChI is InChI=1S/C31H37Cl2N5O5/c1-21(2)43-27-15-14-25(18-26(27)33)35-37-36-30(41)38(29(40)34-19-22-10-12-24(32)13-11-22)17-16-31(3,4)28(39)42-20-23-8-6-5-7-9-23/h5-15,18,21,35,37H,16-17,19-20H2,1-4H3,(H,34,40)(H,36,41). The van der Waals surface area contributed by atoms with Crippen molar-refractivity contribution >= 4 is 46.9 Å². The van der Waals surface area contributed by atoms with Crippen LogP contribution in [-0.4, -0.2) is 35.6 Å². The Morgan fingerprint density at radius 1 is 0.907 bits per heavy atom. The number of esters is 1. The molecule has 0 aliphatic heterocycles. The summed E-state index contributed by atoms with van der Waals surface area (Å²) in [7, 11) is 0. The van der Waals surface area contributed by atoms with Gasteiger partial charge in [0.25, 0.3) is 0 Å². The van der Waals surface area contributed by atoms with Crippen molar-refractivity contribution in [3.8, 4) is 5.75 Å². The minimum atomic E-state index is -0.980. The molecule has 0 aliphatic carbocycles. The van der Waals surface area contributed by atoms with Crippen LogP contribution in [0.25, 0.3) is 0 Å². The zero-order valence-electron chi connectivity index (χ0n) is 24.6. The van der Waals surface area contributed by atoms with Gasteiger partial charge in [0.2, 0.25) is 0 Å². The number of nitrogens with one attached hydrogen (secondary N) is 4. The fourth-order valence-corrected chi connectivity index (χ4v) is 4.09.